The number of hydrogen-bond donors (Lipinski definition) is 2. The minimum Gasteiger partial charge on any atom is -0.468 e. The Kier molecular flexibility index (Phi) is 7.71. The van der Waals surface area contributed by atoms with E-state index in [-0.39, 0.29) is 12.0 Å². The molecule has 0 fully saturated rings. The number of carbonyl (C=O) groups is 2. The second-order valence-electron chi connectivity index (χ2n) is 6.69. The van der Waals surface area contributed by atoms with Crippen molar-refractivity contribution in [1.82, 2.24) is 10.6 Å². The normalized spacial score (nSPS) is 13.7. The zero-order valence-electron chi connectivity index (χ0n) is 15.1. The van der Waals surface area contributed by atoms with E-state index in [2.05, 4.69) is 10.6 Å². The van der Waals surface area contributed by atoms with Gasteiger partial charge in [-0.1, -0.05) is 30.3 Å². The number of benzene rings is 1. The molecule has 2 atom stereocenters. The van der Waals surface area contributed by atoms with Crippen molar-refractivity contribution in [3.63, 3.8) is 0 Å². The van der Waals surface area contributed by atoms with Gasteiger partial charge in [0.15, 0.2) is 0 Å². The van der Waals surface area contributed by atoms with Gasteiger partial charge in [0, 0.05) is 12.6 Å². The first-order chi connectivity index (χ1) is 11.2. The summed E-state index contributed by atoms with van der Waals surface area (Å²) in [5.74, 6) is -0.342. The molecule has 24 heavy (non-hydrogen) atoms. The Balaban J connectivity index is 2.68. The summed E-state index contributed by atoms with van der Waals surface area (Å²) in [6.07, 6.45) is 0.150. The van der Waals surface area contributed by atoms with Crippen LogP contribution in [0.25, 0.3) is 0 Å². The number of nitrogens with one attached hydrogen (secondary N) is 2. The highest BCUT2D eigenvalue weighted by molar-refractivity contribution is 5.75. The molecule has 6 nitrogen and oxygen atoms in total. The van der Waals surface area contributed by atoms with Crippen molar-refractivity contribution in [2.75, 3.05) is 13.7 Å². The quantitative estimate of drug-likeness (QED) is 0.747. The second kappa shape index (κ2) is 9.27. The van der Waals surface area contributed by atoms with Crippen molar-refractivity contribution in [1.29, 1.82) is 0 Å². The number of ether oxygens (including phenoxy) is 2. The van der Waals surface area contributed by atoms with Crippen LogP contribution in [-0.2, 0) is 20.7 Å². The molecule has 6 heteroatoms. The molecule has 0 radical (unpaired) electrons. The summed E-state index contributed by atoms with van der Waals surface area (Å²) in [6, 6.07) is 9.16. The molecule has 1 aromatic rings. The predicted octanol–water partition coefficient (Wildman–Crippen LogP) is 2.27. The smallest absolute Gasteiger partial charge is 0.407 e. The zero-order valence-corrected chi connectivity index (χ0v) is 15.1. The van der Waals surface area contributed by atoms with Crippen LogP contribution in [0.15, 0.2) is 30.3 Å². The molecule has 0 spiro atoms. The molecule has 0 saturated carbocycles. The van der Waals surface area contributed by atoms with E-state index in [9.17, 15) is 9.59 Å². The van der Waals surface area contributed by atoms with Crippen LogP contribution in [0.3, 0.4) is 0 Å². The van der Waals surface area contributed by atoms with Gasteiger partial charge in [-0.05, 0) is 39.7 Å². The number of methoxy groups -OCH3 is 1. The fourth-order valence-electron chi connectivity index (χ4n) is 2.13. The molecular weight excluding hydrogens is 308 g/mol. The van der Waals surface area contributed by atoms with Gasteiger partial charge in [0.05, 0.1) is 7.11 Å². The molecule has 1 rings (SSSR count). The van der Waals surface area contributed by atoms with Crippen molar-refractivity contribution >= 4 is 12.1 Å². The Morgan fingerprint density at radius 1 is 1.17 bits per heavy atom. The average molecular weight is 336 g/mol. The predicted molar refractivity (Wildman–Crippen MR) is 92.8 cm³/mol. The minimum absolute atomic E-state index is 0.214. The van der Waals surface area contributed by atoms with Crippen LogP contribution >= 0.6 is 0 Å². The van der Waals surface area contributed by atoms with Crippen LogP contribution in [0.1, 0.15) is 33.3 Å². The van der Waals surface area contributed by atoms with Crippen LogP contribution < -0.4 is 10.6 Å². The van der Waals surface area contributed by atoms with E-state index < -0.39 is 17.7 Å². The lowest BCUT2D eigenvalue weighted by Crippen LogP contribution is -2.48. The fraction of sp³-hybridized carbons (Fsp3) is 0.556. The number of amides is 1. The van der Waals surface area contributed by atoms with Gasteiger partial charge in [-0.2, -0.15) is 0 Å². The average Bonchev–Trinajstić information content (AvgIpc) is 2.50. The zero-order chi connectivity index (χ0) is 18.2. The van der Waals surface area contributed by atoms with E-state index in [4.69, 9.17) is 9.47 Å². The Morgan fingerprint density at radius 2 is 1.79 bits per heavy atom. The third-order valence-corrected chi connectivity index (χ3v) is 3.27. The van der Waals surface area contributed by atoms with Crippen LogP contribution in [0.5, 0.6) is 0 Å². The number of alkyl carbamates (subject to hydrolysis) is 1. The topological polar surface area (TPSA) is 76.7 Å². The van der Waals surface area contributed by atoms with E-state index in [1.807, 2.05) is 51.1 Å². The highest BCUT2D eigenvalue weighted by Gasteiger charge is 2.21. The molecule has 0 aliphatic rings. The molecule has 1 amide bonds. The number of rotatable bonds is 7. The Morgan fingerprint density at radius 3 is 2.33 bits per heavy atom. The van der Waals surface area contributed by atoms with Gasteiger partial charge in [0.2, 0.25) is 0 Å². The molecule has 0 aliphatic carbocycles. The highest BCUT2D eigenvalue weighted by atomic mass is 16.6. The third-order valence-electron chi connectivity index (χ3n) is 3.27. The Hall–Kier alpha value is -2.08. The lowest BCUT2D eigenvalue weighted by molar-refractivity contribution is -0.142. The van der Waals surface area contributed by atoms with Gasteiger partial charge in [-0.25, -0.2) is 4.79 Å². The standard InChI is InChI=1S/C18H28N2O4/c1-13(16(21)23-5)19-12-15(11-14-9-7-6-8-10-14)20-17(22)24-18(2,3)4/h6-10,13,15,19H,11-12H2,1-5H3,(H,20,22)/t13-,15-/m0/s1. The van der Waals surface area contributed by atoms with Gasteiger partial charge in [-0.15, -0.1) is 0 Å². The SMILES string of the molecule is COC(=O)[C@H](C)NC[C@H](Cc1ccccc1)NC(=O)OC(C)(C)C. The van der Waals surface area contributed by atoms with Crippen molar-refractivity contribution in [2.24, 2.45) is 0 Å². The highest BCUT2D eigenvalue weighted by Crippen LogP contribution is 2.08. The van der Waals surface area contributed by atoms with Crippen molar-refractivity contribution in [3.8, 4) is 0 Å². The summed E-state index contributed by atoms with van der Waals surface area (Å²) in [5.41, 5.74) is 0.528. The first-order valence-electron chi connectivity index (χ1n) is 8.06. The molecule has 0 aliphatic heterocycles. The Bertz CT molecular complexity index is 526. The van der Waals surface area contributed by atoms with E-state index >= 15 is 0 Å². The number of hydrogen-bond acceptors (Lipinski definition) is 5. The van der Waals surface area contributed by atoms with Crippen molar-refractivity contribution in [2.45, 2.75) is 51.8 Å². The summed E-state index contributed by atoms with van der Waals surface area (Å²) in [6.45, 7) is 7.59. The molecule has 2 N–H and O–H groups in total. The number of esters is 1. The van der Waals surface area contributed by atoms with Crippen LogP contribution in [0, 0.1) is 0 Å². The van der Waals surface area contributed by atoms with E-state index in [1.165, 1.54) is 7.11 Å². The molecular formula is C18H28N2O4. The van der Waals surface area contributed by atoms with Crippen LogP contribution in [0.2, 0.25) is 0 Å². The molecule has 0 heterocycles. The van der Waals surface area contributed by atoms with Gasteiger partial charge >= 0.3 is 12.1 Å². The summed E-state index contributed by atoms with van der Waals surface area (Å²) < 4.78 is 10.0. The third kappa shape index (κ3) is 7.97. The molecule has 0 saturated heterocycles. The second-order valence-corrected chi connectivity index (χ2v) is 6.69. The van der Waals surface area contributed by atoms with Gasteiger partial charge < -0.3 is 20.1 Å². The van der Waals surface area contributed by atoms with Crippen molar-refractivity contribution in [3.05, 3.63) is 35.9 Å². The molecule has 1 aromatic carbocycles. The lowest BCUT2D eigenvalue weighted by Gasteiger charge is -2.25. The largest absolute Gasteiger partial charge is 0.468 e. The maximum atomic E-state index is 12.0. The summed E-state index contributed by atoms with van der Waals surface area (Å²) in [4.78, 5) is 23.5. The molecule has 0 bridgehead atoms. The summed E-state index contributed by atoms with van der Waals surface area (Å²) in [7, 11) is 1.35. The number of carbonyl (C=O) groups excluding carboxylic acids is 2. The molecule has 0 unspecified atom stereocenters. The lowest BCUT2D eigenvalue weighted by atomic mass is 10.1. The van der Waals surface area contributed by atoms with E-state index in [1.54, 1.807) is 6.92 Å². The summed E-state index contributed by atoms with van der Waals surface area (Å²) >= 11 is 0. The minimum atomic E-state index is -0.561. The van der Waals surface area contributed by atoms with Gasteiger partial charge in [-0.3, -0.25) is 4.79 Å². The monoisotopic (exact) mass is 336 g/mol. The molecule has 0 aromatic heterocycles. The van der Waals surface area contributed by atoms with Crippen molar-refractivity contribution < 1.29 is 19.1 Å². The summed E-state index contributed by atoms with van der Waals surface area (Å²) in [5, 5.41) is 5.94. The van der Waals surface area contributed by atoms with E-state index in [0.29, 0.717) is 13.0 Å². The van der Waals surface area contributed by atoms with Gasteiger partial charge in [0.25, 0.3) is 0 Å². The van der Waals surface area contributed by atoms with Gasteiger partial charge in [0.1, 0.15) is 11.6 Å². The van der Waals surface area contributed by atoms with Crippen LogP contribution in [0.4, 0.5) is 4.79 Å². The maximum absolute atomic E-state index is 12.0. The molecule has 134 valence electrons. The maximum Gasteiger partial charge on any atom is 0.407 e. The first kappa shape index (κ1) is 20.0. The van der Waals surface area contributed by atoms with Crippen LogP contribution in [-0.4, -0.2) is 43.4 Å². The fourth-order valence-corrected chi connectivity index (χ4v) is 2.13. The first-order valence-corrected chi connectivity index (χ1v) is 8.06. The Labute approximate surface area is 143 Å². The van der Waals surface area contributed by atoms with E-state index in [0.717, 1.165) is 5.56 Å².